The molecule has 8 heteroatoms. The van der Waals surface area contributed by atoms with E-state index in [2.05, 4.69) is 38.8 Å². The van der Waals surface area contributed by atoms with Crippen LogP contribution in [0.1, 0.15) is 39.5 Å². The lowest BCUT2D eigenvalue weighted by atomic mass is 9.94. The Morgan fingerprint density at radius 1 is 1.29 bits per heavy atom. The molecule has 1 aromatic rings. The van der Waals surface area contributed by atoms with Crippen LogP contribution in [0.5, 0.6) is 0 Å². The fourth-order valence-electron chi connectivity index (χ4n) is 1.35. The molecule has 0 atom stereocenters. The van der Waals surface area contributed by atoms with Crippen LogP contribution in [0, 0.1) is 0 Å². The van der Waals surface area contributed by atoms with Crippen molar-refractivity contribution in [1.82, 2.24) is 4.98 Å². The lowest BCUT2D eigenvalue weighted by molar-refractivity contribution is 0.222. The molecule has 21 heavy (non-hydrogen) atoms. The lowest BCUT2D eigenvalue weighted by Gasteiger charge is -2.38. The first-order valence-electron chi connectivity index (χ1n) is 6.80. The van der Waals surface area contributed by atoms with E-state index in [1.165, 1.54) is 0 Å². The van der Waals surface area contributed by atoms with Gasteiger partial charge in [-0.15, -0.1) is 11.3 Å². The Hall–Kier alpha value is -0.283. The topological polar surface area (TPSA) is 82.3 Å². The Morgan fingerprint density at radius 2 is 1.81 bits per heavy atom. The first-order valence-corrected chi connectivity index (χ1v) is 12.1. The van der Waals surface area contributed by atoms with Crippen molar-refractivity contribution in [3.05, 3.63) is 11.1 Å². The molecular formula is C13H26N2O3S2Si. The maximum atomic E-state index is 11.3. The summed E-state index contributed by atoms with van der Waals surface area (Å²) in [4.78, 5) is 4.77. The second kappa shape index (κ2) is 5.73. The summed E-state index contributed by atoms with van der Waals surface area (Å²) in [5.74, 6) is 0. The van der Waals surface area contributed by atoms with Crippen LogP contribution in [0.2, 0.25) is 18.1 Å². The van der Waals surface area contributed by atoms with E-state index in [0.717, 1.165) is 16.2 Å². The largest absolute Gasteiger partial charge is 0.416 e. The van der Waals surface area contributed by atoms with Crippen molar-refractivity contribution in [3.8, 4) is 0 Å². The quantitative estimate of drug-likeness (QED) is 0.827. The average molecular weight is 351 g/mol. The number of primary sulfonamides is 1. The summed E-state index contributed by atoms with van der Waals surface area (Å²) < 4.78 is 28.8. The van der Waals surface area contributed by atoms with Crippen molar-refractivity contribution in [2.75, 3.05) is 6.61 Å². The van der Waals surface area contributed by atoms with Crippen molar-refractivity contribution in [1.29, 1.82) is 0 Å². The average Bonchev–Trinajstić information content (AvgIpc) is 2.74. The maximum absolute atomic E-state index is 11.3. The lowest BCUT2D eigenvalue weighted by Crippen LogP contribution is -2.43. The number of aromatic nitrogens is 1. The van der Waals surface area contributed by atoms with Gasteiger partial charge < -0.3 is 4.43 Å². The molecule has 0 saturated heterocycles. The van der Waals surface area contributed by atoms with E-state index in [4.69, 9.17) is 9.56 Å². The molecule has 2 N–H and O–H groups in total. The predicted molar refractivity (Wildman–Crippen MR) is 89.7 cm³/mol. The van der Waals surface area contributed by atoms with Crippen LogP contribution in [-0.4, -0.2) is 28.3 Å². The highest BCUT2D eigenvalue weighted by atomic mass is 32.2. The molecule has 5 nitrogen and oxygen atoms in total. The molecular weight excluding hydrogens is 324 g/mol. The molecule has 0 saturated carbocycles. The number of nitrogens with two attached hydrogens (primary N) is 1. The van der Waals surface area contributed by atoms with Gasteiger partial charge in [0.15, 0.2) is 8.32 Å². The molecule has 1 aromatic heterocycles. The SMILES string of the molecule is CC(C)(CO[Si](C)(C)C(C)(C)C)c1cnc(S(N)(=O)=O)s1. The van der Waals surface area contributed by atoms with Gasteiger partial charge in [0.2, 0.25) is 4.34 Å². The normalized spacial score (nSPS) is 14.5. The van der Waals surface area contributed by atoms with Crippen LogP contribution in [0.25, 0.3) is 0 Å². The molecule has 0 aliphatic rings. The molecule has 0 fully saturated rings. The van der Waals surface area contributed by atoms with E-state index in [9.17, 15) is 8.42 Å². The minimum Gasteiger partial charge on any atom is -0.416 e. The summed E-state index contributed by atoms with van der Waals surface area (Å²) in [6.45, 7) is 15.6. The number of nitrogens with zero attached hydrogens (tertiary/aromatic N) is 1. The summed E-state index contributed by atoms with van der Waals surface area (Å²) in [7, 11) is -5.57. The Morgan fingerprint density at radius 3 is 2.19 bits per heavy atom. The summed E-state index contributed by atoms with van der Waals surface area (Å²) in [5, 5.41) is 5.25. The van der Waals surface area contributed by atoms with Gasteiger partial charge in [0.25, 0.3) is 10.0 Å². The van der Waals surface area contributed by atoms with Crippen LogP contribution in [0.4, 0.5) is 0 Å². The second-order valence-corrected chi connectivity index (χ2v) is 15.0. The molecule has 0 amide bonds. The van der Waals surface area contributed by atoms with Crippen molar-refractivity contribution in [3.63, 3.8) is 0 Å². The van der Waals surface area contributed by atoms with Gasteiger partial charge in [0.1, 0.15) is 0 Å². The second-order valence-electron chi connectivity index (χ2n) is 7.47. The standard InChI is InChI=1S/C13H26N2O3S2Si/c1-12(2,3)21(6,7)18-9-13(4,5)10-8-15-11(19-10)20(14,16)17/h8H,9H2,1-7H3,(H2,14,16,17). The van der Waals surface area contributed by atoms with E-state index in [0.29, 0.717) is 6.61 Å². The number of sulfonamides is 1. The third kappa shape index (κ3) is 4.59. The zero-order valence-electron chi connectivity index (χ0n) is 13.9. The van der Waals surface area contributed by atoms with E-state index in [1.54, 1.807) is 6.20 Å². The van der Waals surface area contributed by atoms with Crippen LogP contribution >= 0.6 is 11.3 Å². The van der Waals surface area contributed by atoms with Gasteiger partial charge in [-0.05, 0) is 18.1 Å². The fourth-order valence-corrected chi connectivity index (χ4v) is 4.17. The highest BCUT2D eigenvalue weighted by Gasteiger charge is 2.39. The number of hydrogen-bond donors (Lipinski definition) is 1. The van der Waals surface area contributed by atoms with Gasteiger partial charge in [-0.25, -0.2) is 18.5 Å². The first-order chi connectivity index (χ1) is 9.17. The van der Waals surface area contributed by atoms with Crippen LogP contribution in [-0.2, 0) is 19.9 Å². The summed E-state index contributed by atoms with van der Waals surface area (Å²) in [6.07, 6.45) is 1.58. The summed E-state index contributed by atoms with van der Waals surface area (Å²) in [6, 6.07) is 0. The maximum Gasteiger partial charge on any atom is 0.265 e. The smallest absolute Gasteiger partial charge is 0.265 e. The zero-order chi connectivity index (χ0) is 16.7. The monoisotopic (exact) mass is 350 g/mol. The summed E-state index contributed by atoms with van der Waals surface area (Å²) >= 11 is 1.12. The molecule has 0 spiro atoms. The van der Waals surface area contributed by atoms with E-state index in [1.807, 2.05) is 13.8 Å². The van der Waals surface area contributed by atoms with E-state index < -0.39 is 18.3 Å². The van der Waals surface area contributed by atoms with Crippen molar-refractivity contribution < 1.29 is 12.8 Å². The van der Waals surface area contributed by atoms with Gasteiger partial charge in [-0.1, -0.05) is 34.6 Å². The molecule has 1 rings (SSSR count). The number of hydrogen-bond acceptors (Lipinski definition) is 5. The predicted octanol–water partition coefficient (Wildman–Crippen LogP) is 3.09. The van der Waals surface area contributed by atoms with Gasteiger partial charge in [0.05, 0.1) is 0 Å². The van der Waals surface area contributed by atoms with Crippen molar-refractivity contribution in [2.24, 2.45) is 5.14 Å². The van der Waals surface area contributed by atoms with Gasteiger partial charge in [0, 0.05) is 23.1 Å². The Kier molecular flexibility index (Phi) is 5.12. The number of thiazole rings is 1. The highest BCUT2D eigenvalue weighted by Crippen LogP contribution is 2.38. The summed E-state index contributed by atoms with van der Waals surface area (Å²) in [5.41, 5.74) is -0.296. The van der Waals surface area contributed by atoms with Crippen LogP contribution in [0.3, 0.4) is 0 Å². The molecule has 0 bridgehead atoms. The third-order valence-electron chi connectivity index (χ3n) is 3.99. The van der Waals surface area contributed by atoms with E-state index >= 15 is 0 Å². The van der Waals surface area contributed by atoms with Gasteiger partial charge >= 0.3 is 0 Å². The molecule has 0 unspecified atom stereocenters. The molecule has 122 valence electrons. The molecule has 0 aromatic carbocycles. The zero-order valence-corrected chi connectivity index (χ0v) is 16.5. The van der Waals surface area contributed by atoms with Gasteiger partial charge in [-0.3, -0.25) is 0 Å². The third-order valence-corrected chi connectivity index (χ3v) is 11.2. The van der Waals surface area contributed by atoms with Crippen molar-refractivity contribution in [2.45, 2.75) is 62.5 Å². The minimum absolute atomic E-state index is 0.0436. The fraction of sp³-hybridized carbons (Fsp3) is 0.769. The molecule has 0 radical (unpaired) electrons. The number of rotatable bonds is 5. The Bertz CT molecular complexity index is 601. The van der Waals surface area contributed by atoms with Crippen LogP contribution < -0.4 is 5.14 Å². The van der Waals surface area contributed by atoms with E-state index in [-0.39, 0.29) is 14.8 Å². The molecule has 0 aliphatic heterocycles. The van der Waals surface area contributed by atoms with Crippen molar-refractivity contribution >= 4 is 29.7 Å². The highest BCUT2D eigenvalue weighted by molar-refractivity contribution is 7.91. The van der Waals surface area contributed by atoms with Crippen LogP contribution in [0.15, 0.2) is 10.5 Å². The minimum atomic E-state index is -3.73. The molecule has 1 heterocycles. The molecule has 0 aliphatic carbocycles. The Labute approximate surface area is 133 Å². The Balaban J connectivity index is 2.90. The van der Waals surface area contributed by atoms with Gasteiger partial charge in [-0.2, -0.15) is 0 Å². The first kappa shape index (κ1) is 18.8.